The van der Waals surface area contributed by atoms with Gasteiger partial charge in [0.1, 0.15) is 0 Å². The fourth-order valence-electron chi connectivity index (χ4n) is 18.2. The molecule has 0 atom stereocenters. The highest BCUT2D eigenvalue weighted by Gasteiger charge is 2.47. The number of hydrogen-bond donors (Lipinski definition) is 0. The minimum atomic E-state index is -0.604. The van der Waals surface area contributed by atoms with Crippen molar-refractivity contribution in [1.82, 2.24) is 8.97 Å². The van der Waals surface area contributed by atoms with Crippen molar-refractivity contribution in [2.45, 2.75) is 26.2 Å². The molecule has 520 valence electrons. The molecular formula is C106H73BN4. The maximum atomic E-state index is 10.0. The van der Waals surface area contributed by atoms with Gasteiger partial charge in [0.15, 0.2) is 0 Å². The number of hydrogen-bond acceptors (Lipinski definition) is 2. The normalized spacial score (nSPS) is 13.6. The van der Waals surface area contributed by atoms with E-state index in [-0.39, 0.29) is 33.9 Å². The highest BCUT2D eigenvalue weighted by atomic mass is 15.2. The van der Waals surface area contributed by atoms with Crippen molar-refractivity contribution in [2.75, 3.05) is 9.80 Å². The molecule has 5 heterocycles. The molecule has 0 unspecified atom stereocenters. The van der Waals surface area contributed by atoms with Gasteiger partial charge in [-0.15, -0.1) is 0 Å². The lowest BCUT2D eigenvalue weighted by Crippen LogP contribution is -2.61. The van der Waals surface area contributed by atoms with Gasteiger partial charge in [-0.05, 0) is 166 Å². The van der Waals surface area contributed by atoms with Crippen molar-refractivity contribution in [3.63, 3.8) is 0 Å². The van der Waals surface area contributed by atoms with Crippen molar-refractivity contribution in [3.05, 3.63) is 394 Å². The fourth-order valence-corrected chi connectivity index (χ4v) is 18.2. The summed E-state index contributed by atoms with van der Waals surface area (Å²) in [4.78, 5) is 5.11. The van der Waals surface area contributed by atoms with Crippen LogP contribution in [-0.2, 0) is 5.41 Å². The maximum absolute atomic E-state index is 10.0. The van der Waals surface area contributed by atoms with Crippen LogP contribution in [0.3, 0.4) is 0 Å². The first-order valence-corrected chi connectivity index (χ1v) is 38.1. The first kappa shape index (κ1) is 56.3. The third-order valence-corrected chi connectivity index (χ3v) is 23.2. The summed E-state index contributed by atoms with van der Waals surface area (Å²) in [5.41, 5.74) is 24.5. The summed E-state index contributed by atoms with van der Waals surface area (Å²) >= 11 is 0. The van der Waals surface area contributed by atoms with Crippen molar-refractivity contribution in [3.8, 4) is 72.4 Å². The van der Waals surface area contributed by atoms with E-state index < -0.39 is 48.4 Å². The molecule has 17 aromatic carbocycles. The van der Waals surface area contributed by atoms with Crippen LogP contribution in [0.4, 0.5) is 34.1 Å². The van der Waals surface area contributed by atoms with Crippen molar-refractivity contribution < 1.29 is 11.0 Å². The average molecular weight is 1420 g/mol. The predicted molar refractivity (Wildman–Crippen MR) is 473 cm³/mol. The van der Waals surface area contributed by atoms with Crippen LogP contribution in [0.1, 0.15) is 37.3 Å². The van der Waals surface area contributed by atoms with Crippen LogP contribution in [0.15, 0.2) is 388 Å². The molecule has 22 rings (SSSR count). The van der Waals surface area contributed by atoms with Gasteiger partial charge in [0.2, 0.25) is 0 Å². The summed E-state index contributed by atoms with van der Waals surface area (Å²) < 4.78 is 80.9. The summed E-state index contributed by atoms with van der Waals surface area (Å²) in [5, 5.41) is 8.73. The zero-order valence-corrected chi connectivity index (χ0v) is 61.2. The topological polar surface area (TPSA) is 15.8 Å². The van der Waals surface area contributed by atoms with E-state index in [2.05, 4.69) is 369 Å². The largest absolute Gasteiger partial charge is 0.310 e. The van der Waals surface area contributed by atoms with E-state index in [4.69, 9.17) is 0 Å². The zero-order chi connectivity index (χ0) is 80.5. The first-order chi connectivity index (χ1) is 58.1. The number of fused-ring (bicyclic) bond motifs is 17. The van der Waals surface area contributed by atoms with Gasteiger partial charge in [0, 0.05) is 83.0 Å². The Balaban J connectivity index is 0.992. The van der Waals surface area contributed by atoms with Crippen molar-refractivity contribution >= 4 is 139 Å². The number of rotatable bonds is 9. The Morgan fingerprint density at radius 3 is 1.11 bits per heavy atom. The minimum Gasteiger partial charge on any atom is -0.310 e. The Bertz CT molecular complexity index is 7540. The highest BCUT2D eigenvalue weighted by Crippen LogP contribution is 2.56. The van der Waals surface area contributed by atoms with Crippen LogP contribution in [0.2, 0.25) is 0 Å². The molecule has 5 heteroatoms. The molecule has 0 saturated carbocycles. The Labute approximate surface area is 656 Å². The number of nitrogens with zero attached hydrogens (tertiary/aromatic N) is 4. The number of anilines is 6. The Hall–Kier alpha value is -14.0. The van der Waals surface area contributed by atoms with Crippen LogP contribution < -0.4 is 26.2 Å². The molecule has 0 fully saturated rings. The SMILES string of the molecule is [2H]c1c([2H])c([2H])c2c(c1[2H])c1c([2H])c([2H])c([2H])c([2H])c1n2-c1ccc2c(c1)N(c1c(-c3ccccc3)cc(-c3ccccc3)cc1-c1ccccc1)c1cc(C(C)(C)C)cc3c1B2c1cc2c4ccccc4c4ccccc4c4cccc5c6ccccc6n(c2cc1N3c1c(-c2ccccc2)cc(-c2ccccc2)cc1-c1ccccc1)c45. The van der Waals surface area contributed by atoms with Gasteiger partial charge in [0.25, 0.3) is 6.71 Å². The van der Waals surface area contributed by atoms with Gasteiger partial charge in [-0.1, -0.05) is 336 Å². The second kappa shape index (κ2) is 25.3. The molecule has 0 saturated heterocycles. The zero-order valence-electron chi connectivity index (χ0n) is 69.2. The summed E-state index contributed by atoms with van der Waals surface area (Å²) in [5.74, 6) is 0. The molecule has 0 N–H and O–H groups in total. The number of benzene rings is 17. The maximum Gasteiger partial charge on any atom is 0.252 e. The standard InChI is InChI=1S/C106H73BN4/c1-106(2,3)76-63-100-102-101(64-76)111(105-89(72-41-18-8-19-42-72)61-75(69-35-12-5-13-36-69)62-90(105)73-43-20-9-21-44-73)99-67-97-91(81-48-25-23-46-79(81)78-45-22-24-47-80(78)85-52-32-53-86-84-51-28-31-56-96(84)109(97)103(85)86)66-93(99)107(102)92-58-57-77(108-94-54-29-26-49-82(94)83-50-27-30-55-95(83)108)65-98(92)110(100)104-87(70-37-14-6-15-38-70)59-74(68-33-10-4-11-34-68)60-88(104)71-39-16-7-17-40-71/h4-67H,1-3H3/i26D,27D,29D,30D,49D,50D,54D,55D. The number of para-hydroxylation sites is 4. The Morgan fingerprint density at radius 2 is 0.649 bits per heavy atom. The van der Waals surface area contributed by atoms with Gasteiger partial charge < -0.3 is 18.8 Å². The lowest BCUT2D eigenvalue weighted by atomic mass is 9.33. The van der Waals surface area contributed by atoms with E-state index in [1.807, 2.05) is 6.07 Å². The monoisotopic (exact) mass is 1420 g/mol. The van der Waals surface area contributed by atoms with Crippen LogP contribution in [0, 0.1) is 0 Å². The van der Waals surface area contributed by atoms with E-state index in [0.717, 1.165) is 182 Å². The minimum absolute atomic E-state index is 0.0000213. The van der Waals surface area contributed by atoms with Gasteiger partial charge in [-0.2, -0.15) is 0 Å². The van der Waals surface area contributed by atoms with Crippen LogP contribution in [0.25, 0.3) is 154 Å². The molecule has 0 spiro atoms. The molecule has 0 radical (unpaired) electrons. The lowest BCUT2D eigenvalue weighted by Gasteiger charge is -2.46. The molecule has 2 aliphatic heterocycles. The molecule has 2 aliphatic rings. The smallest absolute Gasteiger partial charge is 0.252 e. The summed E-state index contributed by atoms with van der Waals surface area (Å²) in [7, 11) is 0. The quantitative estimate of drug-likeness (QED) is 0.134. The van der Waals surface area contributed by atoms with Gasteiger partial charge in [-0.25, -0.2) is 0 Å². The Kier molecular flexibility index (Phi) is 12.8. The molecule has 0 bridgehead atoms. The molecule has 0 aliphatic carbocycles. The lowest BCUT2D eigenvalue weighted by molar-refractivity contribution is 0.590. The van der Waals surface area contributed by atoms with Crippen molar-refractivity contribution in [2.24, 2.45) is 0 Å². The fraction of sp³-hybridized carbons (Fsp3) is 0.0377. The summed E-state index contributed by atoms with van der Waals surface area (Å²) in [6.07, 6.45) is 0. The predicted octanol–water partition coefficient (Wildman–Crippen LogP) is 26.7. The molecule has 4 nitrogen and oxygen atoms in total. The van der Waals surface area contributed by atoms with Gasteiger partial charge in [-0.3, -0.25) is 0 Å². The Morgan fingerprint density at radius 1 is 0.270 bits per heavy atom. The third-order valence-electron chi connectivity index (χ3n) is 23.2. The van der Waals surface area contributed by atoms with E-state index in [0.29, 0.717) is 5.69 Å². The van der Waals surface area contributed by atoms with E-state index in [1.165, 1.54) is 0 Å². The second-order valence-corrected chi connectivity index (χ2v) is 30.4. The molecule has 3 aromatic heterocycles. The van der Waals surface area contributed by atoms with E-state index in [1.54, 1.807) is 4.57 Å². The molecule has 111 heavy (non-hydrogen) atoms. The van der Waals surface area contributed by atoms with Gasteiger partial charge in [0.05, 0.1) is 49.9 Å². The summed E-state index contributed by atoms with van der Waals surface area (Å²) in [6, 6.07) is 120. The van der Waals surface area contributed by atoms with Crippen LogP contribution in [-0.4, -0.2) is 15.7 Å². The third kappa shape index (κ3) is 10.1. The van der Waals surface area contributed by atoms with E-state index >= 15 is 0 Å². The van der Waals surface area contributed by atoms with Crippen LogP contribution >= 0.6 is 0 Å². The van der Waals surface area contributed by atoms with Gasteiger partial charge >= 0.3 is 0 Å². The van der Waals surface area contributed by atoms with E-state index in [9.17, 15) is 11.0 Å². The second-order valence-electron chi connectivity index (χ2n) is 30.4. The molecule has 20 aromatic rings. The average Bonchev–Trinajstić information content (AvgIpc) is 1.41. The van der Waals surface area contributed by atoms with Crippen molar-refractivity contribution in [1.29, 1.82) is 0 Å². The number of aromatic nitrogens is 2. The first-order valence-electron chi connectivity index (χ1n) is 42.1. The highest BCUT2D eigenvalue weighted by molar-refractivity contribution is 7.00. The molecular weight excluding hydrogens is 1340 g/mol. The summed E-state index contributed by atoms with van der Waals surface area (Å²) in [6.45, 7) is 6.29. The van der Waals surface area contributed by atoms with Crippen LogP contribution in [0.5, 0.6) is 0 Å². The molecule has 0 amide bonds.